The molecular formula is C20H32N4O3S. The molecule has 0 aliphatic carbocycles. The lowest BCUT2D eigenvalue weighted by atomic mass is 10.1. The number of hydrogen-bond acceptors (Lipinski definition) is 5. The van der Waals surface area contributed by atoms with Crippen molar-refractivity contribution in [2.75, 3.05) is 46.9 Å². The zero-order valence-corrected chi connectivity index (χ0v) is 17.7. The predicted octanol–water partition coefficient (Wildman–Crippen LogP) is 1.94. The molecule has 0 bridgehead atoms. The zero-order valence-electron chi connectivity index (χ0n) is 16.9. The van der Waals surface area contributed by atoms with Gasteiger partial charge in [0, 0.05) is 38.7 Å². The highest BCUT2D eigenvalue weighted by atomic mass is 32.1. The first-order chi connectivity index (χ1) is 13.6. The Bertz CT molecular complexity index is 621. The summed E-state index contributed by atoms with van der Waals surface area (Å²) in [5.41, 5.74) is 0. The van der Waals surface area contributed by atoms with Crippen LogP contribution in [0, 0.1) is 0 Å². The van der Waals surface area contributed by atoms with Crippen molar-refractivity contribution in [1.29, 1.82) is 0 Å². The summed E-state index contributed by atoms with van der Waals surface area (Å²) < 4.78 is 11.7. The van der Waals surface area contributed by atoms with E-state index >= 15 is 0 Å². The second-order valence-electron chi connectivity index (χ2n) is 7.52. The highest BCUT2D eigenvalue weighted by molar-refractivity contribution is 7.09. The number of carbonyl (C=O) groups is 1. The first-order valence-corrected chi connectivity index (χ1v) is 11.0. The molecule has 3 rings (SSSR count). The third-order valence-corrected chi connectivity index (χ3v) is 6.02. The molecule has 2 aliphatic heterocycles. The monoisotopic (exact) mass is 408 g/mol. The number of piperidine rings is 1. The van der Waals surface area contributed by atoms with Gasteiger partial charge in [0.05, 0.1) is 25.4 Å². The Morgan fingerprint density at radius 1 is 1.39 bits per heavy atom. The molecule has 3 heterocycles. The molecule has 8 heteroatoms. The number of nitrogens with one attached hydrogen (secondary N) is 1. The molecule has 7 nitrogen and oxygen atoms in total. The molecular weight excluding hydrogens is 376 g/mol. The lowest BCUT2D eigenvalue weighted by molar-refractivity contribution is -0.127. The summed E-state index contributed by atoms with van der Waals surface area (Å²) in [4.78, 5) is 21.6. The number of hydrogen-bond donors (Lipinski definition) is 1. The smallest absolute Gasteiger partial charge is 0.243 e. The minimum absolute atomic E-state index is 0.00482. The molecule has 1 amide bonds. The normalized spacial score (nSPS) is 21.1. The summed E-state index contributed by atoms with van der Waals surface area (Å²) in [7, 11) is 3.51. The van der Waals surface area contributed by atoms with E-state index in [-0.39, 0.29) is 24.7 Å². The van der Waals surface area contributed by atoms with Crippen LogP contribution in [-0.2, 0) is 20.8 Å². The van der Waals surface area contributed by atoms with Gasteiger partial charge in [-0.3, -0.25) is 4.79 Å². The van der Waals surface area contributed by atoms with Crippen molar-refractivity contribution >= 4 is 23.2 Å². The van der Waals surface area contributed by atoms with E-state index in [9.17, 15) is 4.79 Å². The Morgan fingerprint density at radius 3 is 2.86 bits per heavy atom. The molecule has 0 spiro atoms. The third-order valence-electron chi connectivity index (χ3n) is 5.15. The number of amides is 1. The quantitative estimate of drug-likeness (QED) is 0.552. The highest BCUT2D eigenvalue weighted by Crippen LogP contribution is 2.18. The fraction of sp³-hybridized carbons (Fsp3) is 0.700. The van der Waals surface area contributed by atoms with Crippen molar-refractivity contribution < 1.29 is 14.3 Å². The molecule has 156 valence electrons. The van der Waals surface area contributed by atoms with Crippen LogP contribution in [0.4, 0.5) is 0 Å². The molecule has 2 fully saturated rings. The van der Waals surface area contributed by atoms with E-state index in [0.717, 1.165) is 57.9 Å². The average Bonchev–Trinajstić information content (AvgIpc) is 3.40. The highest BCUT2D eigenvalue weighted by Gasteiger charge is 2.24. The third kappa shape index (κ3) is 6.46. The Labute approximate surface area is 171 Å². The van der Waals surface area contributed by atoms with Gasteiger partial charge in [-0.2, -0.15) is 0 Å². The number of aliphatic imine (C=N–C) groups is 1. The number of nitrogens with zero attached hydrogens (tertiary/aromatic N) is 3. The van der Waals surface area contributed by atoms with Crippen molar-refractivity contribution in [2.24, 2.45) is 4.99 Å². The molecule has 2 saturated heterocycles. The van der Waals surface area contributed by atoms with E-state index in [0.29, 0.717) is 6.61 Å². The van der Waals surface area contributed by atoms with Crippen molar-refractivity contribution in [3.63, 3.8) is 0 Å². The molecule has 1 unspecified atom stereocenters. The van der Waals surface area contributed by atoms with Gasteiger partial charge in [-0.25, -0.2) is 4.99 Å². The fourth-order valence-electron chi connectivity index (χ4n) is 3.38. The number of carbonyl (C=O) groups excluding carboxylic acids is 1. The second-order valence-corrected chi connectivity index (χ2v) is 8.55. The molecule has 28 heavy (non-hydrogen) atoms. The first kappa shape index (κ1) is 21.1. The number of guanidine groups is 1. The largest absolute Gasteiger partial charge is 0.376 e. The van der Waals surface area contributed by atoms with Crippen molar-refractivity contribution in [3.05, 3.63) is 22.4 Å². The number of likely N-dealkylation sites (tertiary alicyclic amines) is 1. The van der Waals surface area contributed by atoms with Crippen LogP contribution in [0.5, 0.6) is 0 Å². The van der Waals surface area contributed by atoms with Gasteiger partial charge in [0.2, 0.25) is 5.91 Å². The molecule has 1 N–H and O–H groups in total. The predicted molar refractivity (Wildman–Crippen MR) is 112 cm³/mol. The molecule has 1 aromatic rings. The zero-order chi connectivity index (χ0) is 19.8. The number of likely N-dealkylation sites (N-methyl/N-ethyl adjacent to an activating group) is 1. The topological polar surface area (TPSA) is 66.4 Å². The van der Waals surface area contributed by atoms with Crippen molar-refractivity contribution in [3.8, 4) is 0 Å². The minimum atomic E-state index is 0.00482. The van der Waals surface area contributed by atoms with Crippen LogP contribution < -0.4 is 5.32 Å². The van der Waals surface area contributed by atoms with Crippen LogP contribution >= 0.6 is 11.3 Å². The molecule has 0 aromatic carbocycles. The molecule has 1 aromatic heterocycles. The van der Waals surface area contributed by atoms with E-state index in [2.05, 4.69) is 26.7 Å². The maximum Gasteiger partial charge on any atom is 0.243 e. The molecule has 0 radical (unpaired) electrons. The molecule has 2 aliphatic rings. The standard InChI is InChI=1S/C20H32N4O3S/c1-23(2)19(25)14-22-20(21-13-18-6-4-12-28-18)24-9-7-16(8-10-24)27-15-17-5-3-11-26-17/h4,6,12,16-17H,3,5,7-11,13-15H2,1-2H3,(H,21,22). The van der Waals surface area contributed by atoms with Crippen LogP contribution in [0.1, 0.15) is 30.6 Å². The average molecular weight is 409 g/mol. The fourth-order valence-corrected chi connectivity index (χ4v) is 4.03. The van der Waals surface area contributed by atoms with Crippen LogP contribution in [0.3, 0.4) is 0 Å². The van der Waals surface area contributed by atoms with Gasteiger partial charge in [-0.05, 0) is 37.1 Å². The Balaban J connectivity index is 1.50. The summed E-state index contributed by atoms with van der Waals surface area (Å²) in [6.07, 6.45) is 4.75. The van der Waals surface area contributed by atoms with E-state index in [4.69, 9.17) is 9.47 Å². The summed E-state index contributed by atoms with van der Waals surface area (Å²) in [6.45, 7) is 4.22. The van der Waals surface area contributed by atoms with Gasteiger partial charge < -0.3 is 24.6 Å². The van der Waals surface area contributed by atoms with Gasteiger partial charge in [-0.15, -0.1) is 11.3 Å². The number of rotatable bonds is 7. The maximum absolute atomic E-state index is 12.0. The van der Waals surface area contributed by atoms with E-state index in [1.54, 1.807) is 30.3 Å². The number of thiophene rings is 1. The van der Waals surface area contributed by atoms with Gasteiger partial charge in [0.15, 0.2) is 5.96 Å². The maximum atomic E-state index is 12.0. The lowest BCUT2D eigenvalue weighted by Crippen LogP contribution is -2.47. The van der Waals surface area contributed by atoms with Gasteiger partial charge in [0.1, 0.15) is 6.54 Å². The Kier molecular flexibility index (Phi) is 8.12. The van der Waals surface area contributed by atoms with E-state index in [1.165, 1.54) is 4.88 Å². The Hall–Kier alpha value is -1.64. The minimum Gasteiger partial charge on any atom is -0.376 e. The summed E-state index contributed by atoms with van der Waals surface area (Å²) in [5, 5.41) is 5.50. The summed E-state index contributed by atoms with van der Waals surface area (Å²) in [6, 6.07) is 4.15. The van der Waals surface area contributed by atoms with Crippen molar-refractivity contribution in [1.82, 2.24) is 15.1 Å². The SMILES string of the molecule is CN(C)C(=O)CN=C(NCc1cccs1)N1CCC(OCC2CCCO2)CC1. The molecule has 1 atom stereocenters. The summed E-state index contributed by atoms with van der Waals surface area (Å²) in [5.74, 6) is 0.811. The second kappa shape index (κ2) is 10.8. The van der Waals surface area contributed by atoms with Crippen molar-refractivity contribution in [2.45, 2.75) is 44.4 Å². The van der Waals surface area contributed by atoms with Gasteiger partial charge >= 0.3 is 0 Å². The van der Waals surface area contributed by atoms with Crippen LogP contribution in [0.25, 0.3) is 0 Å². The van der Waals surface area contributed by atoms with E-state index in [1.807, 2.05) is 6.07 Å². The van der Waals surface area contributed by atoms with Crippen LogP contribution in [-0.4, -0.2) is 80.8 Å². The number of ether oxygens (including phenoxy) is 2. The molecule has 0 saturated carbocycles. The van der Waals surface area contributed by atoms with Crippen LogP contribution in [0.2, 0.25) is 0 Å². The summed E-state index contributed by atoms with van der Waals surface area (Å²) >= 11 is 1.72. The van der Waals surface area contributed by atoms with Gasteiger partial charge in [0.25, 0.3) is 0 Å². The van der Waals surface area contributed by atoms with Crippen LogP contribution in [0.15, 0.2) is 22.5 Å². The van der Waals surface area contributed by atoms with E-state index < -0.39 is 0 Å². The van der Waals surface area contributed by atoms with Gasteiger partial charge in [-0.1, -0.05) is 6.07 Å². The lowest BCUT2D eigenvalue weighted by Gasteiger charge is -2.34. The Morgan fingerprint density at radius 2 is 2.21 bits per heavy atom. The first-order valence-electron chi connectivity index (χ1n) is 10.1.